The van der Waals surface area contributed by atoms with Crippen molar-refractivity contribution in [2.75, 3.05) is 6.54 Å². The van der Waals surface area contributed by atoms with Crippen molar-refractivity contribution in [3.63, 3.8) is 0 Å². The molecule has 0 saturated heterocycles. The summed E-state index contributed by atoms with van der Waals surface area (Å²) in [6.07, 6.45) is 2.20. The number of halogens is 1. The van der Waals surface area contributed by atoms with Crippen LogP contribution in [-0.4, -0.2) is 6.54 Å². The summed E-state index contributed by atoms with van der Waals surface area (Å²) in [4.78, 5) is 1.40. The van der Waals surface area contributed by atoms with Crippen LogP contribution in [0, 0.1) is 0 Å². The molecule has 0 bridgehead atoms. The molecule has 0 radical (unpaired) electrons. The molecule has 0 spiro atoms. The lowest BCUT2D eigenvalue weighted by Gasteiger charge is -2.18. The molecule has 96 valence electrons. The highest BCUT2D eigenvalue weighted by molar-refractivity contribution is 9.10. The molecule has 1 unspecified atom stereocenters. The van der Waals surface area contributed by atoms with Gasteiger partial charge in [-0.15, -0.1) is 11.3 Å². The summed E-state index contributed by atoms with van der Waals surface area (Å²) >= 11 is 5.46. The number of rotatable bonds is 6. The molecule has 3 heteroatoms. The standard InChI is InChI=1S/C15H18BrNS/c1-2-9-17-14(15-13(16)8-10-18-15)11-12-6-4-3-5-7-12/h3-8,10,14,17H,2,9,11H2,1H3. The maximum atomic E-state index is 3.64. The molecule has 2 aromatic rings. The molecule has 0 fully saturated rings. The topological polar surface area (TPSA) is 12.0 Å². The third kappa shape index (κ3) is 3.67. The number of thiophene rings is 1. The van der Waals surface area contributed by atoms with Gasteiger partial charge in [-0.25, -0.2) is 0 Å². The summed E-state index contributed by atoms with van der Waals surface area (Å²) in [7, 11) is 0. The van der Waals surface area contributed by atoms with Crippen LogP contribution in [0.3, 0.4) is 0 Å². The molecule has 2 rings (SSSR count). The van der Waals surface area contributed by atoms with Crippen LogP contribution in [0.1, 0.15) is 29.8 Å². The van der Waals surface area contributed by atoms with Crippen LogP contribution in [-0.2, 0) is 6.42 Å². The third-order valence-electron chi connectivity index (χ3n) is 2.88. The third-order valence-corrected chi connectivity index (χ3v) is 4.87. The Morgan fingerprint density at radius 1 is 1.22 bits per heavy atom. The summed E-state index contributed by atoms with van der Waals surface area (Å²) in [5, 5.41) is 5.79. The predicted octanol–water partition coefficient (Wildman–Crippen LogP) is 4.79. The number of benzene rings is 1. The van der Waals surface area contributed by atoms with E-state index in [0.717, 1.165) is 19.4 Å². The first-order valence-corrected chi connectivity index (χ1v) is 7.98. The molecular formula is C15H18BrNS. The van der Waals surface area contributed by atoms with Gasteiger partial charge in [0, 0.05) is 15.4 Å². The Bertz CT molecular complexity index is 466. The zero-order valence-corrected chi connectivity index (χ0v) is 12.9. The van der Waals surface area contributed by atoms with Crippen molar-refractivity contribution in [3.05, 3.63) is 56.7 Å². The van der Waals surface area contributed by atoms with Crippen molar-refractivity contribution >= 4 is 27.3 Å². The van der Waals surface area contributed by atoms with E-state index in [1.165, 1.54) is 14.9 Å². The van der Waals surface area contributed by atoms with Gasteiger partial charge in [-0.05, 0) is 52.3 Å². The largest absolute Gasteiger partial charge is 0.309 e. The quantitative estimate of drug-likeness (QED) is 0.805. The lowest BCUT2D eigenvalue weighted by molar-refractivity contribution is 0.535. The minimum Gasteiger partial charge on any atom is -0.309 e. The van der Waals surface area contributed by atoms with Gasteiger partial charge in [0.15, 0.2) is 0 Å². The summed E-state index contributed by atoms with van der Waals surface area (Å²) < 4.78 is 1.22. The van der Waals surface area contributed by atoms with Crippen molar-refractivity contribution < 1.29 is 0 Å². The second-order valence-corrected chi connectivity index (χ2v) is 6.13. The highest BCUT2D eigenvalue weighted by Gasteiger charge is 2.15. The van der Waals surface area contributed by atoms with Crippen LogP contribution in [0.4, 0.5) is 0 Å². The van der Waals surface area contributed by atoms with Gasteiger partial charge in [0.2, 0.25) is 0 Å². The van der Waals surface area contributed by atoms with Gasteiger partial charge in [-0.2, -0.15) is 0 Å². The fraction of sp³-hybridized carbons (Fsp3) is 0.333. The normalized spacial score (nSPS) is 12.6. The molecule has 0 aliphatic rings. The summed E-state index contributed by atoms with van der Waals surface area (Å²) in [5.74, 6) is 0. The van der Waals surface area contributed by atoms with Crippen LogP contribution in [0.25, 0.3) is 0 Å². The zero-order chi connectivity index (χ0) is 12.8. The Labute approximate surface area is 121 Å². The van der Waals surface area contributed by atoms with Crippen LogP contribution in [0.15, 0.2) is 46.3 Å². The van der Waals surface area contributed by atoms with Crippen LogP contribution < -0.4 is 5.32 Å². The maximum absolute atomic E-state index is 3.64. The molecule has 0 aliphatic heterocycles. The van der Waals surface area contributed by atoms with Crippen LogP contribution >= 0.6 is 27.3 Å². The van der Waals surface area contributed by atoms with Gasteiger partial charge >= 0.3 is 0 Å². The van der Waals surface area contributed by atoms with E-state index in [-0.39, 0.29) is 0 Å². The van der Waals surface area contributed by atoms with Gasteiger partial charge in [0.25, 0.3) is 0 Å². The molecule has 0 aliphatic carbocycles. The van der Waals surface area contributed by atoms with Crippen molar-refractivity contribution in [1.82, 2.24) is 5.32 Å². The van der Waals surface area contributed by atoms with E-state index in [4.69, 9.17) is 0 Å². The predicted molar refractivity (Wildman–Crippen MR) is 83.2 cm³/mol. The van der Waals surface area contributed by atoms with E-state index in [1.54, 1.807) is 0 Å². The Kier molecular flexibility index (Phi) is 5.42. The van der Waals surface area contributed by atoms with Crippen LogP contribution in [0.5, 0.6) is 0 Å². The highest BCUT2D eigenvalue weighted by atomic mass is 79.9. The Balaban J connectivity index is 2.13. The van der Waals surface area contributed by atoms with Crippen molar-refractivity contribution in [2.45, 2.75) is 25.8 Å². The van der Waals surface area contributed by atoms with E-state index in [0.29, 0.717) is 6.04 Å². The lowest BCUT2D eigenvalue weighted by Crippen LogP contribution is -2.23. The second kappa shape index (κ2) is 7.07. The number of nitrogens with one attached hydrogen (secondary N) is 1. The molecule has 1 N–H and O–H groups in total. The molecule has 1 nitrogen and oxygen atoms in total. The summed E-state index contributed by atoms with van der Waals surface area (Å²) in [5.41, 5.74) is 1.38. The minimum absolute atomic E-state index is 0.404. The molecule has 1 atom stereocenters. The second-order valence-electron chi connectivity index (χ2n) is 4.33. The smallest absolute Gasteiger partial charge is 0.0467 e. The van der Waals surface area contributed by atoms with Crippen molar-refractivity contribution in [3.8, 4) is 0 Å². The monoisotopic (exact) mass is 323 g/mol. The van der Waals surface area contributed by atoms with Crippen molar-refractivity contribution in [1.29, 1.82) is 0 Å². The lowest BCUT2D eigenvalue weighted by atomic mass is 10.0. The number of hydrogen-bond donors (Lipinski definition) is 1. The summed E-state index contributed by atoms with van der Waals surface area (Å²) in [6, 6.07) is 13.2. The Morgan fingerprint density at radius 3 is 2.61 bits per heavy atom. The van der Waals surface area contributed by atoms with Gasteiger partial charge in [0.1, 0.15) is 0 Å². The van der Waals surface area contributed by atoms with Gasteiger partial charge in [-0.3, -0.25) is 0 Å². The maximum Gasteiger partial charge on any atom is 0.0467 e. The minimum atomic E-state index is 0.404. The van der Waals surface area contributed by atoms with E-state index in [1.807, 2.05) is 11.3 Å². The fourth-order valence-corrected chi connectivity index (χ4v) is 3.71. The van der Waals surface area contributed by atoms with Gasteiger partial charge in [0.05, 0.1) is 0 Å². The molecule has 1 heterocycles. The highest BCUT2D eigenvalue weighted by Crippen LogP contribution is 2.31. The Hall–Kier alpha value is -0.640. The van der Waals surface area contributed by atoms with Gasteiger partial charge < -0.3 is 5.32 Å². The zero-order valence-electron chi connectivity index (χ0n) is 10.5. The fourth-order valence-electron chi connectivity index (χ4n) is 1.98. The molecule has 18 heavy (non-hydrogen) atoms. The Morgan fingerprint density at radius 2 is 2.00 bits per heavy atom. The molecule has 1 aromatic carbocycles. The van der Waals surface area contributed by atoms with E-state index in [9.17, 15) is 0 Å². The van der Waals surface area contributed by atoms with E-state index in [2.05, 4.69) is 69.9 Å². The average Bonchev–Trinajstić information content (AvgIpc) is 2.82. The first kappa shape index (κ1) is 13.8. The van der Waals surface area contributed by atoms with Crippen LogP contribution in [0.2, 0.25) is 0 Å². The number of hydrogen-bond acceptors (Lipinski definition) is 2. The van der Waals surface area contributed by atoms with Crippen molar-refractivity contribution in [2.24, 2.45) is 0 Å². The summed E-state index contributed by atoms with van der Waals surface area (Å²) in [6.45, 7) is 3.26. The molecule has 1 aromatic heterocycles. The molecular weight excluding hydrogens is 306 g/mol. The average molecular weight is 324 g/mol. The van der Waals surface area contributed by atoms with E-state index >= 15 is 0 Å². The first-order valence-electron chi connectivity index (χ1n) is 6.31. The SMILES string of the molecule is CCCNC(Cc1ccccc1)c1sccc1Br. The first-order chi connectivity index (χ1) is 8.81. The van der Waals surface area contributed by atoms with E-state index < -0.39 is 0 Å². The molecule has 0 saturated carbocycles. The molecule has 0 amide bonds. The van der Waals surface area contributed by atoms with Gasteiger partial charge in [-0.1, -0.05) is 37.3 Å².